The molecule has 154 valence electrons. The minimum atomic E-state index is -0.691. The summed E-state index contributed by atoms with van der Waals surface area (Å²) in [5.41, 5.74) is 0.289. The minimum Gasteiger partial charge on any atom is -0.481 e. The van der Waals surface area contributed by atoms with E-state index in [0.717, 1.165) is 25.7 Å². The predicted molar refractivity (Wildman–Crippen MR) is 107 cm³/mol. The van der Waals surface area contributed by atoms with Crippen LogP contribution in [0, 0.1) is 10.8 Å². The van der Waals surface area contributed by atoms with Crippen LogP contribution >= 0.6 is 0 Å². The summed E-state index contributed by atoms with van der Waals surface area (Å²) in [6.45, 7) is 8.70. The van der Waals surface area contributed by atoms with E-state index in [0.29, 0.717) is 0 Å². The van der Waals surface area contributed by atoms with Gasteiger partial charge in [0, 0.05) is 12.8 Å². The Morgan fingerprint density at radius 1 is 0.538 bits per heavy atom. The van der Waals surface area contributed by atoms with Gasteiger partial charge in [0.2, 0.25) is 0 Å². The Morgan fingerprint density at radius 3 is 1.08 bits per heavy atom. The smallest absolute Gasteiger partial charge is 0.303 e. The van der Waals surface area contributed by atoms with Gasteiger partial charge in [0.1, 0.15) is 0 Å². The van der Waals surface area contributed by atoms with E-state index in [1.165, 1.54) is 51.4 Å². The predicted octanol–water partition coefficient (Wildman–Crippen LogP) is 6.67. The molecule has 0 aliphatic heterocycles. The lowest BCUT2D eigenvalue weighted by Crippen LogP contribution is -2.13. The van der Waals surface area contributed by atoms with E-state index in [-0.39, 0.29) is 23.7 Å². The molecule has 0 unspecified atom stereocenters. The molecule has 0 bridgehead atoms. The fraction of sp³-hybridized carbons (Fsp3) is 0.909. The molecule has 0 saturated carbocycles. The molecule has 0 amide bonds. The summed E-state index contributed by atoms with van der Waals surface area (Å²) >= 11 is 0. The third kappa shape index (κ3) is 16.4. The molecule has 0 rings (SSSR count). The Morgan fingerprint density at radius 2 is 0.808 bits per heavy atom. The van der Waals surface area contributed by atoms with E-state index >= 15 is 0 Å². The minimum absolute atomic E-state index is 0.145. The van der Waals surface area contributed by atoms with Crippen molar-refractivity contribution in [3.8, 4) is 0 Å². The van der Waals surface area contributed by atoms with Gasteiger partial charge in [0.15, 0.2) is 0 Å². The lowest BCUT2D eigenvalue weighted by Gasteiger charge is -2.23. The zero-order valence-corrected chi connectivity index (χ0v) is 17.6. The van der Waals surface area contributed by atoms with Gasteiger partial charge in [-0.2, -0.15) is 0 Å². The molecule has 0 radical (unpaired) electrons. The van der Waals surface area contributed by atoms with Crippen molar-refractivity contribution in [1.82, 2.24) is 0 Å². The summed E-state index contributed by atoms with van der Waals surface area (Å²) in [6.07, 6.45) is 14.4. The molecule has 0 aromatic carbocycles. The number of hydrogen-bond donors (Lipinski definition) is 2. The normalized spacial score (nSPS) is 12.3. The summed E-state index contributed by atoms with van der Waals surface area (Å²) in [6, 6.07) is 0. The van der Waals surface area contributed by atoms with Crippen LogP contribution in [-0.2, 0) is 9.59 Å². The zero-order valence-electron chi connectivity index (χ0n) is 17.6. The molecule has 0 heterocycles. The Balaban J connectivity index is 3.51. The van der Waals surface area contributed by atoms with Crippen LogP contribution in [0.4, 0.5) is 0 Å². The average Bonchev–Trinajstić information content (AvgIpc) is 2.53. The van der Waals surface area contributed by atoms with Crippen LogP contribution in [0.25, 0.3) is 0 Å². The summed E-state index contributed by atoms with van der Waals surface area (Å²) in [4.78, 5) is 21.3. The van der Waals surface area contributed by atoms with E-state index in [9.17, 15) is 9.59 Å². The highest BCUT2D eigenvalue weighted by Crippen LogP contribution is 2.30. The van der Waals surface area contributed by atoms with Crippen molar-refractivity contribution >= 4 is 11.9 Å². The third-order valence-corrected chi connectivity index (χ3v) is 5.49. The van der Waals surface area contributed by atoms with E-state index in [1.807, 2.05) is 0 Å². The standard InChI is InChI=1S/C22H42O4/c1-21(2,17-13-19(23)24)15-11-9-7-5-6-8-10-12-16-22(3,4)18-14-20(25)26/h5-18H2,1-4H3,(H,23,24)(H,25,26). The van der Waals surface area contributed by atoms with Gasteiger partial charge in [0.05, 0.1) is 0 Å². The van der Waals surface area contributed by atoms with Crippen LogP contribution in [0.2, 0.25) is 0 Å². The van der Waals surface area contributed by atoms with Crippen molar-refractivity contribution < 1.29 is 19.8 Å². The van der Waals surface area contributed by atoms with E-state index < -0.39 is 11.9 Å². The lowest BCUT2D eigenvalue weighted by atomic mass is 9.82. The molecule has 4 nitrogen and oxygen atoms in total. The molecule has 0 aliphatic carbocycles. The van der Waals surface area contributed by atoms with Crippen molar-refractivity contribution in [3.63, 3.8) is 0 Å². The summed E-state index contributed by atoms with van der Waals surface area (Å²) in [5, 5.41) is 17.6. The topological polar surface area (TPSA) is 74.6 Å². The van der Waals surface area contributed by atoms with Gasteiger partial charge >= 0.3 is 11.9 Å². The number of unbranched alkanes of at least 4 members (excludes halogenated alkanes) is 7. The largest absolute Gasteiger partial charge is 0.481 e. The second kappa shape index (κ2) is 13.2. The van der Waals surface area contributed by atoms with Crippen LogP contribution < -0.4 is 0 Å². The molecule has 0 aromatic heterocycles. The molecule has 0 aliphatic rings. The average molecular weight is 371 g/mol. The van der Waals surface area contributed by atoms with Crippen molar-refractivity contribution in [2.75, 3.05) is 0 Å². The van der Waals surface area contributed by atoms with Crippen LogP contribution in [0.15, 0.2) is 0 Å². The first kappa shape index (κ1) is 24.9. The van der Waals surface area contributed by atoms with Crippen molar-refractivity contribution in [1.29, 1.82) is 0 Å². The molecule has 2 N–H and O–H groups in total. The van der Waals surface area contributed by atoms with Gasteiger partial charge in [0.25, 0.3) is 0 Å². The van der Waals surface area contributed by atoms with Crippen LogP contribution in [0.5, 0.6) is 0 Å². The Kier molecular flexibility index (Phi) is 12.6. The first-order chi connectivity index (χ1) is 12.0. The summed E-state index contributed by atoms with van der Waals surface area (Å²) in [7, 11) is 0. The molecular formula is C22H42O4. The van der Waals surface area contributed by atoms with Crippen molar-refractivity contribution in [3.05, 3.63) is 0 Å². The van der Waals surface area contributed by atoms with Gasteiger partial charge in [-0.3, -0.25) is 9.59 Å². The highest BCUT2D eigenvalue weighted by atomic mass is 16.4. The molecule has 4 heteroatoms. The zero-order chi connectivity index (χ0) is 20.1. The summed E-state index contributed by atoms with van der Waals surface area (Å²) in [5.74, 6) is -1.38. The second-order valence-electron chi connectivity index (χ2n) is 9.44. The number of carbonyl (C=O) groups is 2. The fourth-order valence-corrected chi connectivity index (χ4v) is 3.41. The highest BCUT2D eigenvalue weighted by molar-refractivity contribution is 5.66. The Bertz CT molecular complexity index is 361. The van der Waals surface area contributed by atoms with E-state index in [2.05, 4.69) is 27.7 Å². The number of aliphatic carboxylic acids is 2. The highest BCUT2D eigenvalue weighted by Gasteiger charge is 2.19. The molecule has 0 aromatic rings. The maximum atomic E-state index is 10.7. The fourth-order valence-electron chi connectivity index (χ4n) is 3.41. The number of rotatable bonds is 17. The van der Waals surface area contributed by atoms with E-state index in [4.69, 9.17) is 10.2 Å². The molecular weight excluding hydrogens is 328 g/mol. The molecule has 0 atom stereocenters. The number of hydrogen-bond acceptors (Lipinski definition) is 2. The molecule has 26 heavy (non-hydrogen) atoms. The first-order valence-corrected chi connectivity index (χ1v) is 10.5. The monoisotopic (exact) mass is 370 g/mol. The van der Waals surface area contributed by atoms with Gasteiger partial charge in [-0.15, -0.1) is 0 Å². The first-order valence-electron chi connectivity index (χ1n) is 10.5. The summed E-state index contributed by atoms with van der Waals surface area (Å²) < 4.78 is 0. The third-order valence-electron chi connectivity index (χ3n) is 5.49. The van der Waals surface area contributed by atoms with Crippen LogP contribution in [0.1, 0.15) is 118 Å². The maximum Gasteiger partial charge on any atom is 0.303 e. The maximum absolute atomic E-state index is 10.7. The molecule has 0 fully saturated rings. The SMILES string of the molecule is CC(C)(CCCCCCCCCCC(C)(C)CCC(=O)O)CCC(=O)O. The Hall–Kier alpha value is -1.06. The van der Waals surface area contributed by atoms with Crippen LogP contribution in [0.3, 0.4) is 0 Å². The molecule has 0 saturated heterocycles. The van der Waals surface area contributed by atoms with Crippen molar-refractivity contribution in [2.24, 2.45) is 10.8 Å². The number of carboxylic acid groups (broad SMARTS) is 2. The van der Waals surface area contributed by atoms with Crippen LogP contribution in [-0.4, -0.2) is 22.2 Å². The number of carboxylic acids is 2. The van der Waals surface area contributed by atoms with Crippen molar-refractivity contribution in [2.45, 2.75) is 118 Å². The van der Waals surface area contributed by atoms with Gasteiger partial charge in [-0.25, -0.2) is 0 Å². The van der Waals surface area contributed by atoms with E-state index in [1.54, 1.807) is 0 Å². The quantitative estimate of drug-likeness (QED) is 0.280. The molecule has 0 spiro atoms. The van der Waals surface area contributed by atoms with Gasteiger partial charge in [-0.1, -0.05) is 79.1 Å². The van der Waals surface area contributed by atoms with Gasteiger partial charge in [-0.05, 0) is 36.5 Å². The lowest BCUT2D eigenvalue weighted by molar-refractivity contribution is -0.138. The Labute approximate surface area is 160 Å². The second-order valence-corrected chi connectivity index (χ2v) is 9.44. The van der Waals surface area contributed by atoms with Gasteiger partial charge < -0.3 is 10.2 Å².